The Balaban J connectivity index is 2.24. The summed E-state index contributed by atoms with van der Waals surface area (Å²) in [4.78, 5) is 12.7. The number of piperidine rings is 1. The molecule has 0 spiro atoms. The molecule has 14 heavy (non-hydrogen) atoms. The third-order valence-corrected chi connectivity index (χ3v) is 2.33. The molecule has 1 heterocycles. The summed E-state index contributed by atoms with van der Waals surface area (Å²) in [6, 6.07) is -0.286. The van der Waals surface area contributed by atoms with Crippen molar-refractivity contribution in [1.82, 2.24) is 10.2 Å². The number of carbonyl (C=O) groups excluding carboxylic acids is 1. The molecule has 0 aromatic rings. The van der Waals surface area contributed by atoms with Crippen LogP contribution in [-0.2, 0) is 0 Å². The number of carbonyl (C=O) groups is 1. The number of amidine groups is 1. The Morgan fingerprint density at radius 2 is 2.00 bits per heavy atom. The molecular weight excluding hydrogens is 182 g/mol. The number of likely N-dealkylation sites (tertiary alicyclic amines) is 1. The number of urea groups is 1. The molecule has 6 heteroatoms. The molecule has 0 aromatic carbocycles. The Bertz CT molecular complexity index is 198. The van der Waals surface area contributed by atoms with E-state index in [-0.39, 0.29) is 11.9 Å². The first-order chi connectivity index (χ1) is 6.58. The third-order valence-electron chi connectivity index (χ3n) is 2.33. The largest absolute Gasteiger partial charge is 0.387 e. The van der Waals surface area contributed by atoms with Crippen LogP contribution in [0.4, 0.5) is 4.79 Å². The van der Waals surface area contributed by atoms with Crippen LogP contribution < -0.4 is 16.8 Å². The highest BCUT2D eigenvalue weighted by Crippen LogP contribution is 2.09. The lowest BCUT2D eigenvalue weighted by Gasteiger charge is -2.31. The molecular formula is C8H17N5O. The maximum Gasteiger partial charge on any atom is 0.312 e. The van der Waals surface area contributed by atoms with Gasteiger partial charge in [-0.25, -0.2) is 4.79 Å². The molecule has 2 amide bonds. The summed E-state index contributed by atoms with van der Waals surface area (Å²) in [5.74, 6) is 0.186. The number of primary amides is 1. The fourth-order valence-electron chi connectivity index (χ4n) is 1.68. The zero-order valence-corrected chi connectivity index (χ0v) is 8.12. The van der Waals surface area contributed by atoms with Crippen molar-refractivity contribution in [3.8, 4) is 0 Å². The topological polar surface area (TPSA) is 108 Å². The van der Waals surface area contributed by atoms with Crippen LogP contribution in [0.25, 0.3) is 0 Å². The predicted octanol–water partition coefficient (Wildman–Crippen LogP) is -0.945. The van der Waals surface area contributed by atoms with E-state index in [4.69, 9.17) is 16.9 Å². The van der Waals surface area contributed by atoms with Crippen molar-refractivity contribution in [2.24, 2.45) is 11.5 Å². The van der Waals surface area contributed by atoms with Crippen molar-refractivity contribution in [2.75, 3.05) is 19.6 Å². The summed E-state index contributed by atoms with van der Waals surface area (Å²) >= 11 is 0. The van der Waals surface area contributed by atoms with Crippen LogP contribution >= 0.6 is 0 Å². The summed E-state index contributed by atoms with van der Waals surface area (Å²) in [5.41, 5.74) is 10.3. The Kier molecular flexibility index (Phi) is 3.70. The molecule has 80 valence electrons. The van der Waals surface area contributed by atoms with Crippen molar-refractivity contribution < 1.29 is 4.79 Å². The van der Waals surface area contributed by atoms with Crippen molar-refractivity contribution in [2.45, 2.75) is 18.9 Å². The smallest absolute Gasteiger partial charge is 0.312 e. The molecule has 0 aromatic heterocycles. The number of rotatable bonds is 3. The van der Waals surface area contributed by atoms with Gasteiger partial charge in [-0.15, -0.1) is 0 Å². The lowest BCUT2D eigenvalue weighted by atomic mass is 10.1. The van der Waals surface area contributed by atoms with Crippen molar-refractivity contribution in [3.63, 3.8) is 0 Å². The Morgan fingerprint density at radius 3 is 2.43 bits per heavy atom. The monoisotopic (exact) mass is 199 g/mol. The molecule has 0 radical (unpaired) electrons. The minimum absolute atomic E-state index is 0.177. The molecule has 0 aliphatic carbocycles. The predicted molar refractivity (Wildman–Crippen MR) is 54.1 cm³/mol. The van der Waals surface area contributed by atoms with Gasteiger partial charge in [-0.2, -0.15) is 0 Å². The van der Waals surface area contributed by atoms with E-state index in [9.17, 15) is 4.79 Å². The van der Waals surface area contributed by atoms with Gasteiger partial charge >= 0.3 is 6.03 Å². The van der Waals surface area contributed by atoms with Gasteiger partial charge < -0.3 is 16.8 Å². The van der Waals surface area contributed by atoms with E-state index in [0.29, 0.717) is 6.54 Å². The van der Waals surface area contributed by atoms with E-state index in [1.165, 1.54) is 0 Å². The number of hydrogen-bond acceptors (Lipinski definition) is 3. The highest BCUT2D eigenvalue weighted by molar-refractivity contribution is 5.78. The fourth-order valence-corrected chi connectivity index (χ4v) is 1.68. The summed E-state index contributed by atoms with van der Waals surface area (Å²) in [6.45, 7) is 2.22. The molecule has 1 aliphatic heterocycles. The van der Waals surface area contributed by atoms with Crippen molar-refractivity contribution >= 4 is 11.9 Å². The van der Waals surface area contributed by atoms with E-state index in [1.54, 1.807) is 0 Å². The van der Waals surface area contributed by atoms with Crippen LogP contribution in [0.5, 0.6) is 0 Å². The normalized spacial score (nSPS) is 19.1. The van der Waals surface area contributed by atoms with Crippen LogP contribution in [-0.4, -0.2) is 42.4 Å². The molecule has 0 bridgehead atoms. The Morgan fingerprint density at radius 1 is 1.43 bits per heavy atom. The summed E-state index contributed by atoms with van der Waals surface area (Å²) in [5, 5.41) is 9.82. The van der Waals surface area contributed by atoms with E-state index in [0.717, 1.165) is 25.9 Å². The van der Waals surface area contributed by atoms with E-state index < -0.39 is 6.03 Å². The van der Waals surface area contributed by atoms with Crippen LogP contribution in [0.3, 0.4) is 0 Å². The number of amides is 2. The second kappa shape index (κ2) is 4.80. The second-order valence-electron chi connectivity index (χ2n) is 3.58. The maximum atomic E-state index is 10.6. The van der Waals surface area contributed by atoms with Gasteiger partial charge in [0.2, 0.25) is 0 Å². The summed E-state index contributed by atoms with van der Waals surface area (Å²) in [6.07, 6.45) is 1.74. The summed E-state index contributed by atoms with van der Waals surface area (Å²) < 4.78 is 0. The molecule has 0 unspecified atom stereocenters. The van der Waals surface area contributed by atoms with Gasteiger partial charge in [0.1, 0.15) is 5.84 Å². The molecule has 6 nitrogen and oxygen atoms in total. The third kappa shape index (κ3) is 3.61. The molecule has 1 saturated heterocycles. The first-order valence-electron chi connectivity index (χ1n) is 4.69. The van der Waals surface area contributed by atoms with Gasteiger partial charge in [-0.05, 0) is 12.8 Å². The average Bonchev–Trinajstić information content (AvgIpc) is 2.06. The van der Waals surface area contributed by atoms with Gasteiger partial charge in [0.05, 0.1) is 6.54 Å². The standard InChI is InChI=1S/C8H17N5O/c9-7(10)5-13-3-1-6(2-4-13)12-8(11)14/h6H,1-5H2,(H3,9,10)(H3,11,12,14). The average molecular weight is 199 g/mol. The second-order valence-corrected chi connectivity index (χ2v) is 3.58. The highest BCUT2D eigenvalue weighted by atomic mass is 16.2. The number of nitrogens with one attached hydrogen (secondary N) is 2. The maximum absolute atomic E-state index is 10.6. The number of nitrogens with two attached hydrogens (primary N) is 2. The van der Waals surface area contributed by atoms with Gasteiger partial charge in [0, 0.05) is 19.1 Å². The van der Waals surface area contributed by atoms with Crippen LogP contribution in [0, 0.1) is 5.41 Å². The molecule has 6 N–H and O–H groups in total. The van der Waals surface area contributed by atoms with E-state index >= 15 is 0 Å². The molecule has 1 aliphatic rings. The van der Waals surface area contributed by atoms with Crippen molar-refractivity contribution in [1.29, 1.82) is 5.41 Å². The minimum atomic E-state index is -0.463. The quantitative estimate of drug-likeness (QED) is 0.348. The van der Waals surface area contributed by atoms with Crippen LogP contribution in [0.2, 0.25) is 0 Å². The molecule has 1 rings (SSSR count). The molecule has 0 saturated carbocycles. The molecule has 1 fully saturated rings. The minimum Gasteiger partial charge on any atom is -0.387 e. The lowest BCUT2D eigenvalue weighted by Crippen LogP contribution is -2.47. The van der Waals surface area contributed by atoms with Gasteiger partial charge in [0.15, 0.2) is 0 Å². The zero-order valence-electron chi connectivity index (χ0n) is 8.12. The Labute approximate surface area is 83.1 Å². The number of hydrogen-bond donors (Lipinski definition) is 4. The lowest BCUT2D eigenvalue weighted by molar-refractivity contribution is 0.211. The van der Waals surface area contributed by atoms with E-state index in [1.807, 2.05) is 0 Å². The number of nitrogens with zero attached hydrogens (tertiary/aromatic N) is 1. The van der Waals surface area contributed by atoms with Gasteiger partial charge in [-0.3, -0.25) is 10.3 Å². The zero-order chi connectivity index (χ0) is 10.6. The van der Waals surface area contributed by atoms with Crippen molar-refractivity contribution in [3.05, 3.63) is 0 Å². The first kappa shape index (κ1) is 10.8. The Hall–Kier alpha value is -1.30. The SMILES string of the molecule is N=C(N)CN1CCC(NC(N)=O)CC1. The molecule has 0 atom stereocenters. The summed E-state index contributed by atoms with van der Waals surface area (Å²) in [7, 11) is 0. The first-order valence-corrected chi connectivity index (χ1v) is 4.69. The van der Waals surface area contributed by atoms with Crippen LogP contribution in [0.1, 0.15) is 12.8 Å². The highest BCUT2D eigenvalue weighted by Gasteiger charge is 2.19. The fraction of sp³-hybridized carbons (Fsp3) is 0.750. The van der Waals surface area contributed by atoms with Crippen LogP contribution in [0.15, 0.2) is 0 Å². The van der Waals surface area contributed by atoms with Gasteiger partial charge in [-0.1, -0.05) is 0 Å². The van der Waals surface area contributed by atoms with Gasteiger partial charge in [0.25, 0.3) is 0 Å². The van der Waals surface area contributed by atoms with E-state index in [2.05, 4.69) is 10.2 Å².